The van der Waals surface area contributed by atoms with Crippen LogP contribution in [0, 0.1) is 11.3 Å². The molecule has 0 aliphatic heterocycles. The van der Waals surface area contributed by atoms with Crippen molar-refractivity contribution in [2.45, 2.75) is 26.7 Å². The molecular formula is C21H20N4O2. The van der Waals surface area contributed by atoms with Crippen LogP contribution in [0.3, 0.4) is 0 Å². The van der Waals surface area contributed by atoms with Gasteiger partial charge in [0.1, 0.15) is 0 Å². The van der Waals surface area contributed by atoms with E-state index in [2.05, 4.69) is 21.5 Å². The van der Waals surface area contributed by atoms with Crippen LogP contribution >= 0.6 is 0 Å². The van der Waals surface area contributed by atoms with Gasteiger partial charge in [0.2, 0.25) is 0 Å². The molecule has 0 bridgehead atoms. The first-order valence-electron chi connectivity index (χ1n) is 8.81. The van der Waals surface area contributed by atoms with E-state index in [4.69, 9.17) is 9.78 Å². The van der Waals surface area contributed by atoms with Gasteiger partial charge in [-0.1, -0.05) is 24.2 Å². The molecule has 0 saturated heterocycles. The molecule has 1 aromatic heterocycles. The lowest BCUT2D eigenvalue weighted by Crippen LogP contribution is -2.09. The second-order valence-corrected chi connectivity index (χ2v) is 6.17. The van der Waals surface area contributed by atoms with Crippen LogP contribution in [-0.4, -0.2) is 22.5 Å². The second kappa shape index (κ2) is 8.28. The number of benzene rings is 2. The Balaban J connectivity index is 1.64. The second-order valence-electron chi connectivity index (χ2n) is 6.17. The lowest BCUT2D eigenvalue weighted by Gasteiger charge is -2.11. The molecule has 6 heteroatoms. The van der Waals surface area contributed by atoms with Crippen LogP contribution in [0.1, 0.15) is 41.2 Å². The number of carbonyl (C=O) groups is 1. The van der Waals surface area contributed by atoms with Gasteiger partial charge in [0.25, 0.3) is 5.89 Å². The fourth-order valence-electron chi connectivity index (χ4n) is 2.74. The summed E-state index contributed by atoms with van der Waals surface area (Å²) in [5.74, 6) is 1.19. The number of Topliss-reactive ketones (excluding diaryl/α,β-unsaturated/α-hetero) is 1. The van der Waals surface area contributed by atoms with E-state index in [0.29, 0.717) is 35.1 Å². The van der Waals surface area contributed by atoms with Crippen LogP contribution in [0.25, 0.3) is 11.5 Å². The summed E-state index contributed by atoms with van der Waals surface area (Å²) in [5, 5.41) is 16.2. The number of carbonyl (C=O) groups excluding carboxylic acids is 1. The summed E-state index contributed by atoms with van der Waals surface area (Å²) >= 11 is 0. The summed E-state index contributed by atoms with van der Waals surface area (Å²) in [4.78, 5) is 16.1. The van der Waals surface area contributed by atoms with Crippen molar-refractivity contribution in [3.63, 3.8) is 0 Å². The molecule has 3 rings (SSSR count). The lowest BCUT2D eigenvalue weighted by molar-refractivity contribution is 0.101. The Morgan fingerprint density at radius 1 is 1.22 bits per heavy atom. The van der Waals surface area contributed by atoms with Crippen LogP contribution in [-0.2, 0) is 12.8 Å². The molecule has 0 saturated carbocycles. The molecule has 0 unspecified atom stereocenters. The summed E-state index contributed by atoms with van der Waals surface area (Å²) < 4.78 is 5.25. The minimum absolute atomic E-state index is 0.0302. The fourth-order valence-corrected chi connectivity index (χ4v) is 2.74. The minimum Gasteiger partial charge on any atom is -0.384 e. The number of rotatable bonds is 7. The molecule has 1 heterocycles. The molecule has 136 valence electrons. The highest BCUT2D eigenvalue weighted by molar-refractivity contribution is 5.99. The van der Waals surface area contributed by atoms with Gasteiger partial charge in [-0.3, -0.25) is 4.79 Å². The monoisotopic (exact) mass is 360 g/mol. The van der Waals surface area contributed by atoms with Gasteiger partial charge in [-0.15, -0.1) is 0 Å². The van der Waals surface area contributed by atoms with Gasteiger partial charge in [0, 0.05) is 29.8 Å². The number of ketones is 1. The number of hydrogen-bond acceptors (Lipinski definition) is 6. The summed E-state index contributed by atoms with van der Waals surface area (Å²) in [6.45, 7) is 4.15. The highest BCUT2D eigenvalue weighted by Crippen LogP contribution is 2.20. The van der Waals surface area contributed by atoms with E-state index in [-0.39, 0.29) is 5.78 Å². The van der Waals surface area contributed by atoms with E-state index in [1.807, 2.05) is 31.2 Å². The third-order valence-electron chi connectivity index (χ3n) is 4.24. The molecule has 3 aromatic rings. The lowest BCUT2D eigenvalue weighted by atomic mass is 10.1. The molecule has 0 aliphatic carbocycles. The Kier molecular flexibility index (Phi) is 5.62. The molecule has 0 aliphatic rings. The SMILES string of the molecule is CCc1noc(-c2ccc(CCNc3cc(C#N)ccc3C(C)=O)cc2)n1. The van der Waals surface area contributed by atoms with E-state index in [0.717, 1.165) is 24.0 Å². The first-order valence-corrected chi connectivity index (χ1v) is 8.81. The molecule has 0 radical (unpaired) electrons. The van der Waals surface area contributed by atoms with Crippen molar-refractivity contribution < 1.29 is 9.32 Å². The zero-order valence-electron chi connectivity index (χ0n) is 15.3. The zero-order chi connectivity index (χ0) is 19.2. The number of nitrogens with zero attached hydrogens (tertiary/aromatic N) is 3. The maximum atomic E-state index is 11.8. The van der Waals surface area contributed by atoms with Crippen LogP contribution in [0.5, 0.6) is 0 Å². The Morgan fingerprint density at radius 3 is 2.63 bits per heavy atom. The topological polar surface area (TPSA) is 91.8 Å². The first-order chi connectivity index (χ1) is 13.1. The zero-order valence-corrected chi connectivity index (χ0v) is 15.3. The maximum absolute atomic E-state index is 11.8. The van der Waals surface area contributed by atoms with E-state index in [9.17, 15) is 4.79 Å². The van der Waals surface area contributed by atoms with Crippen molar-refractivity contribution >= 4 is 11.5 Å². The summed E-state index contributed by atoms with van der Waals surface area (Å²) in [7, 11) is 0. The Labute approximate surface area is 157 Å². The quantitative estimate of drug-likeness (QED) is 0.640. The van der Waals surface area contributed by atoms with Crippen molar-refractivity contribution in [1.82, 2.24) is 10.1 Å². The normalized spacial score (nSPS) is 10.4. The number of aromatic nitrogens is 2. The predicted octanol–water partition coefficient (Wildman–Crippen LogP) is 4.03. The van der Waals surface area contributed by atoms with Gasteiger partial charge in [0.15, 0.2) is 11.6 Å². The highest BCUT2D eigenvalue weighted by Gasteiger charge is 2.09. The fraction of sp³-hybridized carbons (Fsp3) is 0.238. The van der Waals surface area contributed by atoms with Gasteiger partial charge >= 0.3 is 0 Å². The number of nitrogens with one attached hydrogen (secondary N) is 1. The molecule has 0 fully saturated rings. The van der Waals surface area contributed by atoms with Gasteiger partial charge in [0.05, 0.1) is 11.6 Å². The molecule has 27 heavy (non-hydrogen) atoms. The van der Waals surface area contributed by atoms with E-state index in [1.165, 1.54) is 6.92 Å². The molecular weight excluding hydrogens is 340 g/mol. The van der Waals surface area contributed by atoms with Gasteiger partial charge in [-0.25, -0.2) is 0 Å². The van der Waals surface area contributed by atoms with Crippen molar-refractivity contribution in [1.29, 1.82) is 5.26 Å². The van der Waals surface area contributed by atoms with Gasteiger partial charge in [-0.05, 0) is 49.2 Å². The standard InChI is InChI=1S/C21H20N4O2/c1-3-20-24-21(27-25-20)17-7-4-15(5-8-17)10-11-23-19-12-16(13-22)6-9-18(19)14(2)26/h4-9,12,23H,3,10-11H2,1-2H3. The van der Waals surface area contributed by atoms with Crippen LogP contribution in [0.15, 0.2) is 47.0 Å². The Hall–Kier alpha value is -3.46. The van der Waals surface area contributed by atoms with Crippen molar-refractivity contribution in [2.24, 2.45) is 0 Å². The van der Waals surface area contributed by atoms with Crippen molar-refractivity contribution in [2.75, 3.05) is 11.9 Å². The van der Waals surface area contributed by atoms with E-state index < -0.39 is 0 Å². The number of nitriles is 1. The summed E-state index contributed by atoms with van der Waals surface area (Å²) in [6.07, 6.45) is 1.51. The molecule has 0 spiro atoms. The maximum Gasteiger partial charge on any atom is 0.257 e. The number of hydrogen-bond donors (Lipinski definition) is 1. The number of anilines is 1. The first kappa shape index (κ1) is 18.3. The molecule has 6 nitrogen and oxygen atoms in total. The van der Waals surface area contributed by atoms with Crippen LogP contribution in [0.2, 0.25) is 0 Å². The Bertz CT molecular complexity index is 984. The largest absolute Gasteiger partial charge is 0.384 e. The van der Waals surface area contributed by atoms with Gasteiger partial charge < -0.3 is 9.84 Å². The Morgan fingerprint density at radius 2 is 2.00 bits per heavy atom. The third kappa shape index (κ3) is 4.39. The highest BCUT2D eigenvalue weighted by atomic mass is 16.5. The van der Waals surface area contributed by atoms with E-state index in [1.54, 1.807) is 18.2 Å². The average Bonchev–Trinajstić information content (AvgIpc) is 3.17. The third-order valence-corrected chi connectivity index (χ3v) is 4.24. The molecule has 2 aromatic carbocycles. The summed E-state index contributed by atoms with van der Waals surface area (Å²) in [6, 6.07) is 15.1. The van der Waals surface area contributed by atoms with E-state index >= 15 is 0 Å². The predicted molar refractivity (Wildman–Crippen MR) is 102 cm³/mol. The van der Waals surface area contributed by atoms with Crippen LogP contribution < -0.4 is 5.32 Å². The number of aryl methyl sites for hydroxylation is 1. The van der Waals surface area contributed by atoms with Crippen LogP contribution in [0.4, 0.5) is 5.69 Å². The minimum atomic E-state index is -0.0302. The average molecular weight is 360 g/mol. The van der Waals surface area contributed by atoms with Crippen molar-refractivity contribution in [3.8, 4) is 17.5 Å². The molecule has 1 N–H and O–H groups in total. The molecule has 0 amide bonds. The summed E-state index contributed by atoms with van der Waals surface area (Å²) in [5.41, 5.74) is 3.84. The van der Waals surface area contributed by atoms with Crippen molar-refractivity contribution in [3.05, 3.63) is 65.0 Å². The van der Waals surface area contributed by atoms with Gasteiger partial charge in [-0.2, -0.15) is 10.2 Å². The molecule has 0 atom stereocenters. The smallest absolute Gasteiger partial charge is 0.257 e.